The summed E-state index contributed by atoms with van der Waals surface area (Å²) < 4.78 is 1.99. The van der Waals surface area contributed by atoms with E-state index in [1.165, 1.54) is 0 Å². The van der Waals surface area contributed by atoms with Gasteiger partial charge in [0.15, 0.2) is 0 Å². The highest BCUT2D eigenvalue weighted by Crippen LogP contribution is 2.17. The second kappa shape index (κ2) is 5.28. The van der Waals surface area contributed by atoms with E-state index in [4.69, 9.17) is 0 Å². The average Bonchev–Trinajstić information content (AvgIpc) is 2.88. The van der Waals surface area contributed by atoms with Crippen molar-refractivity contribution in [2.45, 2.75) is 20.3 Å². The highest BCUT2D eigenvalue weighted by molar-refractivity contribution is 5.76. The van der Waals surface area contributed by atoms with Gasteiger partial charge in [0.2, 0.25) is 5.95 Å². The zero-order valence-corrected chi connectivity index (χ0v) is 11.7. The molecule has 0 radical (unpaired) electrons. The predicted octanol–water partition coefficient (Wildman–Crippen LogP) is 2.95. The van der Waals surface area contributed by atoms with E-state index in [1.807, 2.05) is 41.8 Å². The molecule has 1 N–H and O–H groups in total. The molecule has 0 unspecified atom stereocenters. The van der Waals surface area contributed by atoms with Crippen molar-refractivity contribution in [1.82, 2.24) is 19.5 Å². The van der Waals surface area contributed by atoms with Gasteiger partial charge in [0.05, 0.1) is 11.0 Å². The highest BCUT2D eigenvalue weighted by atomic mass is 15.2. The summed E-state index contributed by atoms with van der Waals surface area (Å²) in [6, 6.07) is 9.99. The Balaban J connectivity index is 2.07. The van der Waals surface area contributed by atoms with E-state index in [0.717, 1.165) is 35.5 Å². The highest BCUT2D eigenvalue weighted by Gasteiger charge is 2.07. The number of anilines is 1. The Morgan fingerprint density at radius 2 is 2.05 bits per heavy atom. The molecular weight excluding hydrogens is 250 g/mol. The van der Waals surface area contributed by atoms with Crippen molar-refractivity contribution in [2.24, 2.45) is 0 Å². The summed E-state index contributed by atoms with van der Waals surface area (Å²) in [6.45, 7) is 4.96. The van der Waals surface area contributed by atoms with Gasteiger partial charge in [0.1, 0.15) is 12.1 Å². The molecule has 102 valence electrons. The second-order valence-corrected chi connectivity index (χ2v) is 4.72. The van der Waals surface area contributed by atoms with E-state index in [2.05, 4.69) is 27.2 Å². The van der Waals surface area contributed by atoms with Crippen molar-refractivity contribution >= 4 is 17.0 Å². The van der Waals surface area contributed by atoms with Gasteiger partial charge in [-0.3, -0.25) is 4.57 Å². The molecular formula is C15H17N5. The Hall–Kier alpha value is -2.43. The summed E-state index contributed by atoms with van der Waals surface area (Å²) >= 11 is 0. The lowest BCUT2D eigenvalue weighted by molar-refractivity contribution is 0.925. The van der Waals surface area contributed by atoms with E-state index < -0.39 is 0 Å². The summed E-state index contributed by atoms with van der Waals surface area (Å²) in [7, 11) is 0. The second-order valence-electron chi connectivity index (χ2n) is 4.72. The quantitative estimate of drug-likeness (QED) is 0.789. The van der Waals surface area contributed by atoms with E-state index >= 15 is 0 Å². The zero-order chi connectivity index (χ0) is 13.9. The maximum absolute atomic E-state index is 4.56. The number of hydrogen-bond donors (Lipinski definition) is 1. The first-order valence-corrected chi connectivity index (χ1v) is 6.80. The van der Waals surface area contributed by atoms with Crippen LogP contribution in [0, 0.1) is 6.92 Å². The van der Waals surface area contributed by atoms with Gasteiger partial charge in [-0.25, -0.2) is 9.97 Å². The van der Waals surface area contributed by atoms with Crippen LogP contribution >= 0.6 is 0 Å². The van der Waals surface area contributed by atoms with E-state index in [1.54, 1.807) is 6.33 Å². The third kappa shape index (κ3) is 2.34. The number of imidazole rings is 1. The molecule has 1 aromatic carbocycles. The van der Waals surface area contributed by atoms with E-state index in [-0.39, 0.29) is 0 Å². The summed E-state index contributed by atoms with van der Waals surface area (Å²) in [4.78, 5) is 13.4. The minimum Gasteiger partial charge on any atom is -0.354 e. The molecule has 0 bridgehead atoms. The summed E-state index contributed by atoms with van der Waals surface area (Å²) in [5.41, 5.74) is 2.95. The number of fused-ring (bicyclic) bond motifs is 1. The normalized spacial score (nSPS) is 10.9. The summed E-state index contributed by atoms with van der Waals surface area (Å²) in [5.74, 6) is 1.50. The number of nitrogens with one attached hydrogen (secondary N) is 1. The van der Waals surface area contributed by atoms with Crippen LogP contribution in [0.3, 0.4) is 0 Å². The van der Waals surface area contributed by atoms with Crippen LogP contribution in [0.4, 0.5) is 5.95 Å². The maximum atomic E-state index is 4.56. The number of benzene rings is 1. The molecule has 0 amide bonds. The third-order valence-corrected chi connectivity index (χ3v) is 3.07. The van der Waals surface area contributed by atoms with Crippen LogP contribution in [0.15, 0.2) is 36.7 Å². The molecule has 0 spiro atoms. The van der Waals surface area contributed by atoms with Crippen molar-refractivity contribution in [3.63, 3.8) is 0 Å². The molecule has 3 rings (SSSR count). The standard InChI is InChI=1S/C15H17N5/c1-3-8-16-15-18-11(2)9-14(19-15)20-10-17-12-6-4-5-7-13(12)20/h4-7,9-10H,3,8H2,1-2H3,(H,16,18,19). The minimum atomic E-state index is 0.666. The van der Waals surface area contributed by atoms with Gasteiger partial charge < -0.3 is 5.32 Å². The van der Waals surface area contributed by atoms with Gasteiger partial charge in [0.25, 0.3) is 0 Å². The summed E-state index contributed by atoms with van der Waals surface area (Å²) in [5, 5.41) is 3.23. The lowest BCUT2D eigenvalue weighted by atomic mass is 10.3. The zero-order valence-electron chi connectivity index (χ0n) is 11.7. The van der Waals surface area contributed by atoms with Crippen LogP contribution < -0.4 is 5.32 Å². The smallest absolute Gasteiger partial charge is 0.224 e. The Bertz CT molecular complexity index is 732. The fourth-order valence-corrected chi connectivity index (χ4v) is 2.13. The fraction of sp³-hybridized carbons (Fsp3) is 0.267. The van der Waals surface area contributed by atoms with Crippen LogP contribution in [-0.2, 0) is 0 Å². The molecule has 0 aliphatic carbocycles. The van der Waals surface area contributed by atoms with Crippen molar-refractivity contribution in [2.75, 3.05) is 11.9 Å². The molecule has 3 aromatic rings. The van der Waals surface area contributed by atoms with Crippen molar-refractivity contribution in [3.8, 4) is 5.82 Å². The van der Waals surface area contributed by atoms with Crippen molar-refractivity contribution in [1.29, 1.82) is 0 Å². The Labute approximate surface area is 117 Å². The van der Waals surface area contributed by atoms with Gasteiger partial charge in [-0.15, -0.1) is 0 Å². The van der Waals surface area contributed by atoms with Gasteiger partial charge in [-0.2, -0.15) is 4.98 Å². The van der Waals surface area contributed by atoms with Crippen LogP contribution in [0.25, 0.3) is 16.9 Å². The van der Waals surface area contributed by atoms with Crippen LogP contribution in [-0.4, -0.2) is 26.1 Å². The molecule has 0 saturated heterocycles. The average molecular weight is 267 g/mol. The molecule has 0 aliphatic heterocycles. The molecule has 0 fully saturated rings. The molecule has 0 atom stereocenters. The molecule has 2 aromatic heterocycles. The number of para-hydroxylation sites is 2. The van der Waals surface area contributed by atoms with Crippen LogP contribution in [0.1, 0.15) is 19.0 Å². The Morgan fingerprint density at radius 3 is 2.90 bits per heavy atom. The number of nitrogens with zero attached hydrogens (tertiary/aromatic N) is 4. The first-order chi connectivity index (χ1) is 9.78. The number of hydrogen-bond acceptors (Lipinski definition) is 4. The minimum absolute atomic E-state index is 0.666. The lowest BCUT2D eigenvalue weighted by Gasteiger charge is -2.08. The van der Waals surface area contributed by atoms with E-state index in [9.17, 15) is 0 Å². The van der Waals surface area contributed by atoms with Gasteiger partial charge >= 0.3 is 0 Å². The topological polar surface area (TPSA) is 55.6 Å². The molecule has 0 saturated carbocycles. The van der Waals surface area contributed by atoms with Gasteiger partial charge in [-0.1, -0.05) is 19.1 Å². The first-order valence-electron chi connectivity index (χ1n) is 6.80. The molecule has 20 heavy (non-hydrogen) atoms. The molecule has 5 nitrogen and oxygen atoms in total. The molecule has 2 heterocycles. The van der Waals surface area contributed by atoms with E-state index in [0.29, 0.717) is 5.95 Å². The van der Waals surface area contributed by atoms with Crippen LogP contribution in [0.2, 0.25) is 0 Å². The fourth-order valence-electron chi connectivity index (χ4n) is 2.13. The van der Waals surface area contributed by atoms with Gasteiger partial charge in [-0.05, 0) is 25.5 Å². The van der Waals surface area contributed by atoms with Crippen molar-refractivity contribution in [3.05, 3.63) is 42.4 Å². The Kier molecular flexibility index (Phi) is 3.33. The maximum Gasteiger partial charge on any atom is 0.224 e. The predicted molar refractivity (Wildman–Crippen MR) is 80.2 cm³/mol. The number of rotatable bonds is 4. The van der Waals surface area contributed by atoms with Crippen molar-refractivity contribution < 1.29 is 0 Å². The van der Waals surface area contributed by atoms with Crippen LogP contribution in [0.5, 0.6) is 0 Å². The monoisotopic (exact) mass is 267 g/mol. The lowest BCUT2D eigenvalue weighted by Crippen LogP contribution is -2.07. The summed E-state index contributed by atoms with van der Waals surface area (Å²) in [6.07, 6.45) is 2.84. The number of aryl methyl sites for hydroxylation is 1. The first kappa shape index (κ1) is 12.6. The Morgan fingerprint density at radius 1 is 1.20 bits per heavy atom. The molecule has 0 aliphatic rings. The number of aromatic nitrogens is 4. The third-order valence-electron chi connectivity index (χ3n) is 3.07. The molecule has 5 heteroatoms. The SMILES string of the molecule is CCCNc1nc(C)cc(-n2cnc3ccccc32)n1. The largest absolute Gasteiger partial charge is 0.354 e. The van der Waals surface area contributed by atoms with Gasteiger partial charge in [0, 0.05) is 18.3 Å².